The molecule has 4 rings (SSSR count). The lowest BCUT2D eigenvalue weighted by atomic mass is 9.79. The highest BCUT2D eigenvalue weighted by atomic mass is 79.9. The Morgan fingerprint density at radius 1 is 1.32 bits per heavy atom. The lowest BCUT2D eigenvalue weighted by Crippen LogP contribution is -2.42. The summed E-state index contributed by atoms with van der Waals surface area (Å²) in [6.45, 7) is 1.18. The van der Waals surface area contributed by atoms with Crippen LogP contribution in [-0.4, -0.2) is 52.2 Å². The normalized spacial score (nSPS) is 19.9. The van der Waals surface area contributed by atoms with E-state index in [0.29, 0.717) is 5.92 Å². The lowest BCUT2D eigenvalue weighted by molar-refractivity contribution is -0.140. The van der Waals surface area contributed by atoms with Gasteiger partial charge in [0, 0.05) is 31.5 Å². The van der Waals surface area contributed by atoms with Gasteiger partial charge in [0.2, 0.25) is 0 Å². The van der Waals surface area contributed by atoms with Crippen molar-refractivity contribution in [1.29, 1.82) is 0 Å². The van der Waals surface area contributed by atoms with E-state index in [9.17, 15) is 19.1 Å². The molecule has 1 atom stereocenters. The van der Waals surface area contributed by atoms with Crippen LogP contribution in [0.5, 0.6) is 0 Å². The third kappa shape index (κ3) is 6.09. The second kappa shape index (κ2) is 11.2. The molecule has 1 unspecified atom stereocenters. The van der Waals surface area contributed by atoms with E-state index in [2.05, 4.69) is 43.7 Å². The maximum Gasteiger partial charge on any atom is 0.326 e. The highest BCUT2D eigenvalue weighted by molar-refractivity contribution is 9.10. The van der Waals surface area contributed by atoms with Gasteiger partial charge in [-0.3, -0.25) is 9.78 Å². The van der Waals surface area contributed by atoms with Crippen LogP contribution >= 0.6 is 15.9 Å². The van der Waals surface area contributed by atoms with Gasteiger partial charge in [-0.05, 0) is 72.0 Å². The number of halogens is 2. The van der Waals surface area contributed by atoms with Crippen LogP contribution in [0.3, 0.4) is 0 Å². The van der Waals surface area contributed by atoms with Crippen LogP contribution in [0.4, 0.5) is 10.2 Å². The number of aromatic nitrogens is 2. The second-order valence-corrected chi connectivity index (χ2v) is 9.69. The predicted octanol–water partition coefficient (Wildman–Crippen LogP) is 3.74. The van der Waals surface area contributed by atoms with E-state index in [4.69, 9.17) is 9.72 Å². The van der Waals surface area contributed by atoms with Gasteiger partial charge in [-0.15, -0.1) is 0 Å². The number of rotatable bonds is 10. The zero-order valence-corrected chi connectivity index (χ0v) is 20.3. The number of carbonyl (C=O) groups is 2. The van der Waals surface area contributed by atoms with Crippen molar-refractivity contribution < 1.29 is 23.8 Å². The van der Waals surface area contributed by atoms with Gasteiger partial charge in [0.15, 0.2) is 5.82 Å². The number of aryl methyl sites for hydroxylation is 2. The summed E-state index contributed by atoms with van der Waals surface area (Å²) in [4.78, 5) is 32.3. The number of ether oxygens (including phenoxy) is 1. The number of hydrogen-bond donors (Lipinski definition) is 3. The first kappa shape index (κ1) is 24.5. The molecule has 3 N–H and O–H groups in total. The zero-order chi connectivity index (χ0) is 24.1. The number of nitrogens with zero attached hydrogens (tertiary/aromatic N) is 2. The molecule has 0 bridgehead atoms. The van der Waals surface area contributed by atoms with Gasteiger partial charge in [0.1, 0.15) is 11.9 Å². The van der Waals surface area contributed by atoms with E-state index < -0.39 is 23.7 Å². The largest absolute Gasteiger partial charge is 0.480 e. The molecule has 0 spiro atoms. The van der Waals surface area contributed by atoms with Crippen molar-refractivity contribution in [3.05, 3.63) is 51.6 Å². The number of nitrogens with one attached hydrogen (secondary N) is 2. The quantitative estimate of drug-likeness (QED) is 0.425. The molecule has 1 aliphatic carbocycles. The van der Waals surface area contributed by atoms with Crippen LogP contribution in [0.25, 0.3) is 0 Å². The third-order valence-corrected chi connectivity index (χ3v) is 7.00. The van der Waals surface area contributed by atoms with Crippen molar-refractivity contribution in [2.75, 3.05) is 18.5 Å². The lowest BCUT2D eigenvalue weighted by Gasteiger charge is -2.35. The van der Waals surface area contributed by atoms with Crippen molar-refractivity contribution in [3.63, 3.8) is 0 Å². The van der Waals surface area contributed by atoms with E-state index in [1.807, 2.05) is 0 Å². The summed E-state index contributed by atoms with van der Waals surface area (Å²) in [5.74, 6) is -1.24. The minimum atomic E-state index is -1.19. The van der Waals surface area contributed by atoms with E-state index in [1.54, 1.807) is 0 Å². The molecule has 1 fully saturated rings. The molecular weight excluding hydrogens is 507 g/mol. The molecule has 34 heavy (non-hydrogen) atoms. The highest BCUT2D eigenvalue weighted by Gasteiger charge is 2.30. The molecule has 0 radical (unpaired) electrons. The summed E-state index contributed by atoms with van der Waals surface area (Å²) in [6, 6.07) is 3.12. The maximum atomic E-state index is 13.9. The number of carboxylic acid groups (broad SMARTS) is 1. The van der Waals surface area contributed by atoms with E-state index in [0.717, 1.165) is 62.8 Å². The molecule has 182 valence electrons. The average Bonchev–Trinajstić information content (AvgIpc) is 2.78. The van der Waals surface area contributed by atoms with Gasteiger partial charge < -0.3 is 20.5 Å². The summed E-state index contributed by atoms with van der Waals surface area (Å²) < 4.78 is 19.9. The Kier molecular flexibility index (Phi) is 8.10. The van der Waals surface area contributed by atoms with Crippen LogP contribution in [0.1, 0.15) is 53.7 Å². The number of carboxylic acids is 1. The molecule has 1 amide bonds. The first-order valence-corrected chi connectivity index (χ1v) is 12.4. The number of carbonyl (C=O) groups excluding carboxylic acids is 1. The monoisotopic (exact) mass is 534 g/mol. The third-order valence-electron chi connectivity index (χ3n) is 6.40. The Labute approximate surface area is 205 Å². The highest BCUT2D eigenvalue weighted by Crippen LogP contribution is 2.34. The maximum absolute atomic E-state index is 13.9. The summed E-state index contributed by atoms with van der Waals surface area (Å²) in [5, 5.41) is 15.2. The molecule has 10 heteroatoms. The van der Waals surface area contributed by atoms with E-state index in [1.165, 1.54) is 11.8 Å². The number of fused-ring (bicyclic) bond motifs is 1. The Bertz CT molecular complexity index is 1030. The zero-order valence-electron chi connectivity index (χ0n) is 18.7. The Morgan fingerprint density at radius 2 is 2.15 bits per heavy atom. The standard InChI is InChI=1S/C24H28BrFN4O4/c25-18-12-27-13-19(26)21(18)23(31)30-20(24(32)33)7-9-34-17-10-14(11-17)3-5-16-6-4-15-2-1-8-28-22(15)29-16/h4,6,12-14,17,20H,1-3,5,7-11H2,(H,28,29)(H,30,31)(H,32,33). The Hall–Kier alpha value is -2.59. The molecule has 1 saturated carbocycles. The molecule has 1 aliphatic heterocycles. The average molecular weight is 535 g/mol. The molecular formula is C24H28BrFN4O4. The Morgan fingerprint density at radius 3 is 2.91 bits per heavy atom. The van der Waals surface area contributed by atoms with E-state index >= 15 is 0 Å². The Balaban J connectivity index is 1.17. The first-order chi connectivity index (χ1) is 16.4. The number of amides is 1. The smallest absolute Gasteiger partial charge is 0.326 e. The van der Waals surface area contributed by atoms with Gasteiger partial charge >= 0.3 is 5.97 Å². The molecule has 2 aromatic heterocycles. The predicted molar refractivity (Wildman–Crippen MR) is 127 cm³/mol. The van der Waals surface area contributed by atoms with Gasteiger partial charge in [-0.2, -0.15) is 0 Å². The van der Waals surface area contributed by atoms with Crippen LogP contribution in [-0.2, 0) is 22.4 Å². The fourth-order valence-corrected chi connectivity index (χ4v) is 4.86. The minimum Gasteiger partial charge on any atom is -0.480 e. The van der Waals surface area contributed by atoms with Gasteiger partial charge in [-0.1, -0.05) is 6.07 Å². The fourth-order valence-electron chi connectivity index (χ4n) is 4.37. The van der Waals surface area contributed by atoms with Crippen LogP contribution in [0, 0.1) is 11.7 Å². The number of aliphatic carboxylic acids is 1. The summed E-state index contributed by atoms with van der Waals surface area (Å²) >= 11 is 3.07. The van der Waals surface area contributed by atoms with Crippen LogP contribution in [0.2, 0.25) is 0 Å². The van der Waals surface area contributed by atoms with Crippen molar-refractivity contribution in [2.24, 2.45) is 5.92 Å². The van der Waals surface area contributed by atoms with Crippen molar-refractivity contribution in [3.8, 4) is 0 Å². The van der Waals surface area contributed by atoms with Crippen LogP contribution in [0.15, 0.2) is 29.0 Å². The molecule has 3 heterocycles. The minimum absolute atomic E-state index is 0.0958. The molecule has 8 nitrogen and oxygen atoms in total. The number of anilines is 1. The van der Waals surface area contributed by atoms with Gasteiger partial charge in [0.25, 0.3) is 5.91 Å². The van der Waals surface area contributed by atoms with E-state index in [-0.39, 0.29) is 29.2 Å². The molecule has 0 aromatic carbocycles. The number of hydrogen-bond acceptors (Lipinski definition) is 6. The van der Waals surface area contributed by atoms with Crippen molar-refractivity contribution in [2.45, 2.75) is 57.1 Å². The fraction of sp³-hybridized carbons (Fsp3) is 0.500. The van der Waals surface area contributed by atoms with Gasteiger partial charge in [0.05, 0.1) is 22.3 Å². The second-order valence-electron chi connectivity index (χ2n) is 8.84. The summed E-state index contributed by atoms with van der Waals surface area (Å²) in [6.07, 6.45) is 8.46. The van der Waals surface area contributed by atoms with Crippen molar-refractivity contribution >= 4 is 33.6 Å². The molecule has 0 saturated heterocycles. The summed E-state index contributed by atoms with van der Waals surface area (Å²) in [7, 11) is 0. The summed E-state index contributed by atoms with van der Waals surface area (Å²) in [5.41, 5.74) is 2.13. The number of pyridine rings is 2. The molecule has 2 aliphatic rings. The van der Waals surface area contributed by atoms with Crippen molar-refractivity contribution in [1.82, 2.24) is 15.3 Å². The van der Waals surface area contributed by atoms with Gasteiger partial charge in [-0.25, -0.2) is 14.2 Å². The topological polar surface area (TPSA) is 113 Å². The SMILES string of the molecule is O=C(NC(CCOC1CC(CCc2ccc3c(n2)NCCC3)C1)C(=O)O)c1c(F)cncc1Br. The first-order valence-electron chi connectivity index (χ1n) is 11.6. The molecule has 2 aromatic rings. The van der Waals surface area contributed by atoms with Crippen LogP contribution < -0.4 is 10.6 Å².